The fraction of sp³-hybridized carbons (Fsp3) is 0.200. The second-order valence-corrected chi connectivity index (χ2v) is 8.56. The largest absolute Gasteiger partial charge is 0.364 e. The van der Waals surface area contributed by atoms with Crippen molar-refractivity contribution in [1.82, 2.24) is 29.8 Å². The van der Waals surface area contributed by atoms with Crippen LogP contribution in [0.4, 0.5) is 11.5 Å². The number of aromatic amines is 1. The number of H-pyrrole nitrogens is 1. The van der Waals surface area contributed by atoms with E-state index >= 15 is 0 Å². The van der Waals surface area contributed by atoms with E-state index in [4.69, 9.17) is 16.1 Å². The molecule has 0 saturated heterocycles. The van der Waals surface area contributed by atoms with Gasteiger partial charge in [0.1, 0.15) is 0 Å². The molecule has 38 heavy (non-hydrogen) atoms. The lowest BCUT2D eigenvalue weighted by molar-refractivity contribution is -0.117. The molecule has 0 aliphatic rings. The van der Waals surface area contributed by atoms with Crippen LogP contribution in [-0.4, -0.2) is 60.7 Å². The maximum atomic E-state index is 13.3. The SMILES string of the molecule is NCCNc1nonc1-c1nc2ccccc2n1CC(=O)c1ccc(NC(=O)[C@@H](N)Cc2cnc[nH]2)cc1. The van der Waals surface area contributed by atoms with E-state index in [0.717, 1.165) is 11.2 Å². The van der Waals surface area contributed by atoms with Gasteiger partial charge in [-0.05, 0) is 46.7 Å². The van der Waals surface area contributed by atoms with E-state index in [1.807, 2.05) is 24.3 Å². The number of fused-ring (bicyclic) bond motifs is 1. The zero-order valence-corrected chi connectivity index (χ0v) is 20.3. The molecule has 0 saturated carbocycles. The summed E-state index contributed by atoms with van der Waals surface area (Å²) in [7, 11) is 0. The van der Waals surface area contributed by atoms with Crippen molar-refractivity contribution in [3.05, 3.63) is 72.3 Å². The highest BCUT2D eigenvalue weighted by Crippen LogP contribution is 2.28. The summed E-state index contributed by atoms with van der Waals surface area (Å²) < 4.78 is 6.71. The number of carbonyl (C=O) groups excluding carboxylic acids is 2. The molecule has 3 heterocycles. The molecule has 13 nitrogen and oxygen atoms in total. The van der Waals surface area contributed by atoms with E-state index in [1.165, 1.54) is 6.33 Å². The number of carbonyl (C=O) groups is 2. The number of rotatable bonds is 11. The van der Waals surface area contributed by atoms with Gasteiger partial charge >= 0.3 is 0 Å². The lowest BCUT2D eigenvalue weighted by atomic mass is 10.1. The lowest BCUT2D eigenvalue weighted by Crippen LogP contribution is -2.37. The lowest BCUT2D eigenvalue weighted by Gasteiger charge is -2.12. The third-order valence-electron chi connectivity index (χ3n) is 5.90. The van der Waals surface area contributed by atoms with E-state index in [2.05, 4.69) is 35.9 Å². The monoisotopic (exact) mass is 514 g/mol. The molecular formula is C25H26N10O3. The predicted octanol–water partition coefficient (Wildman–Crippen LogP) is 1.57. The number of hydrogen-bond acceptors (Lipinski definition) is 10. The van der Waals surface area contributed by atoms with Crippen LogP contribution in [-0.2, 0) is 17.8 Å². The molecule has 0 bridgehead atoms. The molecule has 0 aliphatic heterocycles. The Hall–Kier alpha value is -4.88. The fourth-order valence-electron chi connectivity index (χ4n) is 3.99. The molecule has 13 heteroatoms. The molecule has 3 aromatic heterocycles. The Bertz CT molecular complexity index is 1540. The Kier molecular flexibility index (Phi) is 7.19. The first-order chi connectivity index (χ1) is 18.5. The average Bonchev–Trinajstić information content (AvgIpc) is 3.68. The van der Waals surface area contributed by atoms with Gasteiger partial charge in [-0.2, -0.15) is 0 Å². The number of amides is 1. The van der Waals surface area contributed by atoms with Crippen LogP contribution >= 0.6 is 0 Å². The summed E-state index contributed by atoms with van der Waals surface area (Å²) in [6, 6.07) is 13.4. The average molecular weight is 515 g/mol. The molecule has 0 unspecified atom stereocenters. The van der Waals surface area contributed by atoms with Gasteiger partial charge in [-0.3, -0.25) is 9.59 Å². The first kappa shape index (κ1) is 24.8. The minimum absolute atomic E-state index is 0.000200. The van der Waals surface area contributed by atoms with Crippen molar-refractivity contribution in [2.75, 3.05) is 23.7 Å². The highest BCUT2D eigenvalue weighted by molar-refractivity contribution is 5.99. The van der Waals surface area contributed by atoms with Crippen molar-refractivity contribution in [2.24, 2.45) is 11.5 Å². The Balaban J connectivity index is 1.33. The number of ketones is 1. The summed E-state index contributed by atoms with van der Waals surface area (Å²) in [6.45, 7) is 0.866. The zero-order valence-electron chi connectivity index (χ0n) is 20.3. The Morgan fingerprint density at radius 3 is 2.68 bits per heavy atom. The minimum atomic E-state index is -0.750. The van der Waals surface area contributed by atoms with Crippen LogP contribution in [0.2, 0.25) is 0 Å². The first-order valence-corrected chi connectivity index (χ1v) is 11.9. The van der Waals surface area contributed by atoms with E-state index in [0.29, 0.717) is 53.6 Å². The van der Waals surface area contributed by atoms with Gasteiger partial charge in [0.05, 0.1) is 29.9 Å². The number of hydrogen-bond donors (Lipinski definition) is 5. The summed E-state index contributed by atoms with van der Waals surface area (Å²) in [5, 5.41) is 13.8. The number of Topliss-reactive ketones (excluding diaryl/α,β-unsaturated/α-hetero) is 1. The molecule has 1 atom stereocenters. The molecule has 0 aliphatic carbocycles. The van der Waals surface area contributed by atoms with E-state index < -0.39 is 6.04 Å². The molecular weight excluding hydrogens is 488 g/mol. The quantitative estimate of drug-likeness (QED) is 0.161. The second-order valence-electron chi connectivity index (χ2n) is 8.56. The predicted molar refractivity (Wildman–Crippen MR) is 140 cm³/mol. The number of nitrogens with one attached hydrogen (secondary N) is 3. The van der Waals surface area contributed by atoms with E-state index in [1.54, 1.807) is 35.0 Å². The summed E-state index contributed by atoms with van der Waals surface area (Å²) in [5.74, 6) is 0.338. The smallest absolute Gasteiger partial charge is 0.241 e. The van der Waals surface area contributed by atoms with Gasteiger partial charge in [0.2, 0.25) is 11.7 Å². The van der Waals surface area contributed by atoms with Crippen molar-refractivity contribution in [2.45, 2.75) is 19.0 Å². The van der Waals surface area contributed by atoms with Crippen LogP contribution in [0.15, 0.2) is 65.7 Å². The van der Waals surface area contributed by atoms with Gasteiger partial charge in [0.15, 0.2) is 17.3 Å². The van der Waals surface area contributed by atoms with Crippen molar-refractivity contribution >= 4 is 34.2 Å². The number of para-hydroxylation sites is 2. The summed E-state index contributed by atoms with van der Waals surface area (Å²) in [4.78, 5) is 37.3. The Morgan fingerprint density at radius 1 is 1.11 bits per heavy atom. The molecule has 0 radical (unpaired) electrons. The number of imidazole rings is 2. The Labute approximate surface area is 216 Å². The van der Waals surface area contributed by atoms with Gasteiger partial charge < -0.3 is 31.7 Å². The van der Waals surface area contributed by atoms with Gasteiger partial charge in [0.25, 0.3) is 0 Å². The first-order valence-electron chi connectivity index (χ1n) is 11.9. The normalized spacial score (nSPS) is 11.9. The van der Waals surface area contributed by atoms with E-state index in [-0.39, 0.29) is 18.2 Å². The number of benzene rings is 2. The van der Waals surface area contributed by atoms with E-state index in [9.17, 15) is 9.59 Å². The molecule has 5 aromatic rings. The summed E-state index contributed by atoms with van der Waals surface area (Å²) in [5.41, 5.74) is 15.2. The molecule has 5 rings (SSSR count). The van der Waals surface area contributed by atoms with Crippen LogP contribution in [0.3, 0.4) is 0 Å². The fourth-order valence-corrected chi connectivity index (χ4v) is 3.99. The number of nitrogens with two attached hydrogens (primary N) is 2. The molecule has 1 amide bonds. The molecule has 2 aromatic carbocycles. The van der Waals surface area contributed by atoms with Crippen LogP contribution in [0.5, 0.6) is 0 Å². The maximum absolute atomic E-state index is 13.3. The van der Waals surface area contributed by atoms with Crippen molar-refractivity contribution < 1.29 is 14.2 Å². The highest BCUT2D eigenvalue weighted by atomic mass is 16.6. The minimum Gasteiger partial charge on any atom is -0.364 e. The second kappa shape index (κ2) is 11.0. The third-order valence-corrected chi connectivity index (χ3v) is 5.90. The van der Waals surface area contributed by atoms with Gasteiger partial charge in [-0.1, -0.05) is 12.1 Å². The zero-order chi connectivity index (χ0) is 26.5. The van der Waals surface area contributed by atoms with Gasteiger partial charge in [-0.25, -0.2) is 14.6 Å². The van der Waals surface area contributed by atoms with Crippen molar-refractivity contribution in [3.63, 3.8) is 0 Å². The maximum Gasteiger partial charge on any atom is 0.241 e. The van der Waals surface area contributed by atoms with Crippen LogP contribution in [0, 0.1) is 0 Å². The Morgan fingerprint density at radius 2 is 1.92 bits per heavy atom. The van der Waals surface area contributed by atoms with Crippen molar-refractivity contribution in [1.29, 1.82) is 0 Å². The summed E-state index contributed by atoms with van der Waals surface area (Å²) in [6.07, 6.45) is 3.48. The molecule has 0 fully saturated rings. The topological polar surface area (TPSA) is 196 Å². The van der Waals surface area contributed by atoms with Crippen molar-refractivity contribution in [3.8, 4) is 11.5 Å². The number of anilines is 2. The molecule has 194 valence electrons. The van der Waals surface area contributed by atoms with Gasteiger partial charge in [0, 0.05) is 42.7 Å². The van der Waals surface area contributed by atoms with Crippen LogP contribution in [0.25, 0.3) is 22.6 Å². The molecule has 0 spiro atoms. The van der Waals surface area contributed by atoms with Gasteiger partial charge in [-0.15, -0.1) is 0 Å². The number of nitrogens with zero attached hydrogens (tertiary/aromatic N) is 5. The van der Waals surface area contributed by atoms with Crippen LogP contribution in [0.1, 0.15) is 16.1 Å². The standard InChI is InChI=1S/C25H26N10O3/c26-9-10-29-23-22(33-38-34-23)24-32-19-3-1-2-4-20(19)35(24)13-21(36)15-5-7-16(8-6-15)31-25(37)18(27)11-17-12-28-14-30-17/h1-8,12,14,18H,9-11,13,26-27H2,(H,28,30)(H,29,34)(H,31,37)/t18-/m0/s1. The summed E-state index contributed by atoms with van der Waals surface area (Å²) >= 11 is 0. The molecule has 7 N–H and O–H groups in total. The highest BCUT2D eigenvalue weighted by Gasteiger charge is 2.22. The third kappa shape index (κ3) is 5.28. The number of aromatic nitrogens is 6. The van der Waals surface area contributed by atoms with Crippen LogP contribution < -0.4 is 22.1 Å².